The molecule has 0 spiro atoms. The Morgan fingerprint density at radius 3 is 2.61 bits per heavy atom. The summed E-state index contributed by atoms with van der Waals surface area (Å²) in [6.07, 6.45) is -0.841. The molecule has 1 aromatic carbocycles. The molecule has 96 valence electrons. The summed E-state index contributed by atoms with van der Waals surface area (Å²) in [7, 11) is 0. The van der Waals surface area contributed by atoms with E-state index >= 15 is 0 Å². The zero-order valence-electron chi connectivity index (χ0n) is 9.91. The summed E-state index contributed by atoms with van der Waals surface area (Å²) in [6, 6.07) is 9.13. The van der Waals surface area contributed by atoms with Crippen LogP contribution in [0.25, 0.3) is 0 Å². The smallest absolute Gasteiger partial charge is 0.230 e. The van der Waals surface area contributed by atoms with Gasteiger partial charge in [-0.1, -0.05) is 18.2 Å². The third-order valence-electron chi connectivity index (χ3n) is 2.69. The first-order chi connectivity index (χ1) is 8.65. The van der Waals surface area contributed by atoms with Crippen LogP contribution in [-0.2, 0) is 9.59 Å². The van der Waals surface area contributed by atoms with E-state index in [1.54, 1.807) is 12.1 Å². The van der Waals surface area contributed by atoms with Gasteiger partial charge in [-0.2, -0.15) is 0 Å². The van der Waals surface area contributed by atoms with Crippen molar-refractivity contribution in [3.05, 3.63) is 30.3 Å². The molecular formula is C13H15NO4. The molecule has 2 rings (SSSR count). The molecule has 1 saturated heterocycles. The van der Waals surface area contributed by atoms with E-state index in [4.69, 9.17) is 4.74 Å². The number of para-hydroxylation sites is 1. The number of carbonyl (C=O) groups is 2. The number of benzene rings is 1. The Balaban J connectivity index is 1.77. The summed E-state index contributed by atoms with van der Waals surface area (Å²) < 4.78 is 5.37. The first-order valence-electron chi connectivity index (χ1n) is 5.80. The van der Waals surface area contributed by atoms with Gasteiger partial charge >= 0.3 is 0 Å². The molecule has 1 aromatic rings. The molecule has 1 aliphatic heterocycles. The van der Waals surface area contributed by atoms with Crippen LogP contribution >= 0.6 is 0 Å². The number of nitrogens with zero attached hydrogens (tertiary/aromatic N) is 1. The second kappa shape index (κ2) is 5.64. The van der Waals surface area contributed by atoms with Crippen LogP contribution in [-0.4, -0.2) is 47.5 Å². The highest BCUT2D eigenvalue weighted by Crippen LogP contribution is 2.10. The van der Waals surface area contributed by atoms with Crippen LogP contribution in [0.2, 0.25) is 0 Å². The van der Waals surface area contributed by atoms with Crippen molar-refractivity contribution < 1.29 is 19.4 Å². The van der Waals surface area contributed by atoms with Gasteiger partial charge in [0.1, 0.15) is 18.5 Å². The molecule has 1 heterocycles. The van der Waals surface area contributed by atoms with Gasteiger partial charge in [-0.3, -0.25) is 9.59 Å². The Morgan fingerprint density at radius 2 is 2.00 bits per heavy atom. The molecule has 0 saturated carbocycles. The average Bonchev–Trinajstić information content (AvgIpc) is 2.67. The number of hydrogen-bond donors (Lipinski definition) is 1. The van der Waals surface area contributed by atoms with Crippen molar-refractivity contribution in [2.75, 3.05) is 19.7 Å². The molecule has 1 aliphatic rings. The predicted octanol–water partition coefficient (Wildman–Crippen LogP) is 0.228. The minimum absolute atomic E-state index is 0.0493. The standard InChI is InChI=1S/C13H15NO4/c15-10-6-13(17)14(7-10)8-11(16)9-18-12-4-2-1-3-5-12/h1-5,11,16H,6-9H2. The normalized spacial score (nSPS) is 17.1. The predicted molar refractivity (Wildman–Crippen MR) is 64.1 cm³/mol. The molecule has 0 aliphatic carbocycles. The maximum atomic E-state index is 11.3. The summed E-state index contributed by atoms with van der Waals surface area (Å²) in [5.41, 5.74) is 0. The third kappa shape index (κ3) is 3.30. The van der Waals surface area contributed by atoms with Crippen molar-refractivity contribution in [2.45, 2.75) is 12.5 Å². The number of β-amino-alcohol motifs (C(OH)–C–C–N with tert-alkyl or cyclic N) is 1. The number of aliphatic hydroxyl groups excluding tert-OH is 1. The maximum Gasteiger partial charge on any atom is 0.230 e. The van der Waals surface area contributed by atoms with E-state index < -0.39 is 6.10 Å². The van der Waals surface area contributed by atoms with Crippen LogP contribution in [0.15, 0.2) is 30.3 Å². The van der Waals surface area contributed by atoms with Crippen molar-refractivity contribution in [1.29, 1.82) is 0 Å². The molecule has 1 atom stereocenters. The molecule has 1 amide bonds. The number of hydrogen-bond acceptors (Lipinski definition) is 4. The fraction of sp³-hybridized carbons (Fsp3) is 0.385. The lowest BCUT2D eigenvalue weighted by Gasteiger charge is -2.19. The largest absolute Gasteiger partial charge is 0.491 e. The zero-order valence-corrected chi connectivity index (χ0v) is 9.91. The molecule has 0 radical (unpaired) electrons. The Morgan fingerprint density at radius 1 is 1.28 bits per heavy atom. The van der Waals surface area contributed by atoms with E-state index in [-0.39, 0.29) is 37.8 Å². The fourth-order valence-electron chi connectivity index (χ4n) is 1.82. The number of aliphatic hydroxyl groups is 1. The molecule has 0 bridgehead atoms. The number of carbonyl (C=O) groups excluding carboxylic acids is 2. The van der Waals surface area contributed by atoms with Gasteiger partial charge in [0.05, 0.1) is 19.5 Å². The van der Waals surface area contributed by atoms with Crippen LogP contribution in [0.4, 0.5) is 0 Å². The Hall–Kier alpha value is -1.88. The lowest BCUT2D eigenvalue weighted by Crippen LogP contribution is -2.36. The summed E-state index contributed by atoms with van der Waals surface area (Å²) in [6.45, 7) is 0.334. The van der Waals surface area contributed by atoms with Crippen molar-refractivity contribution in [1.82, 2.24) is 4.90 Å². The topological polar surface area (TPSA) is 66.8 Å². The van der Waals surface area contributed by atoms with Gasteiger partial charge in [0.2, 0.25) is 5.91 Å². The van der Waals surface area contributed by atoms with Crippen LogP contribution < -0.4 is 4.74 Å². The molecule has 1 fully saturated rings. The summed E-state index contributed by atoms with van der Waals surface area (Å²) in [4.78, 5) is 23.8. The van der Waals surface area contributed by atoms with Crippen LogP contribution in [0.5, 0.6) is 5.75 Å². The molecular weight excluding hydrogens is 234 g/mol. The SMILES string of the molecule is O=C1CC(=O)N(CC(O)COc2ccccc2)C1. The van der Waals surface area contributed by atoms with Crippen LogP contribution in [0, 0.1) is 0 Å². The van der Waals surface area contributed by atoms with Crippen molar-refractivity contribution >= 4 is 11.7 Å². The van der Waals surface area contributed by atoms with Gasteiger partial charge in [0.15, 0.2) is 5.78 Å². The second-order valence-corrected chi connectivity index (χ2v) is 4.27. The molecule has 18 heavy (non-hydrogen) atoms. The molecule has 0 aromatic heterocycles. The monoisotopic (exact) mass is 249 g/mol. The average molecular weight is 249 g/mol. The molecule has 1 unspecified atom stereocenters. The lowest BCUT2D eigenvalue weighted by molar-refractivity contribution is -0.129. The van der Waals surface area contributed by atoms with Gasteiger partial charge in [-0.15, -0.1) is 0 Å². The number of ketones is 1. The van der Waals surface area contributed by atoms with Gasteiger partial charge in [-0.05, 0) is 12.1 Å². The minimum atomic E-state index is -0.792. The summed E-state index contributed by atoms with van der Waals surface area (Å²) in [5, 5.41) is 9.74. The van der Waals surface area contributed by atoms with E-state index in [9.17, 15) is 14.7 Å². The second-order valence-electron chi connectivity index (χ2n) is 4.27. The fourth-order valence-corrected chi connectivity index (χ4v) is 1.82. The number of rotatable bonds is 5. The quantitative estimate of drug-likeness (QED) is 0.758. The van der Waals surface area contributed by atoms with Gasteiger partial charge in [-0.25, -0.2) is 0 Å². The Bertz CT molecular complexity index is 432. The first kappa shape index (κ1) is 12.6. The van der Waals surface area contributed by atoms with Crippen molar-refractivity contribution in [2.24, 2.45) is 0 Å². The maximum absolute atomic E-state index is 11.3. The molecule has 5 nitrogen and oxygen atoms in total. The number of ether oxygens (including phenoxy) is 1. The third-order valence-corrected chi connectivity index (χ3v) is 2.69. The highest BCUT2D eigenvalue weighted by Gasteiger charge is 2.28. The van der Waals surface area contributed by atoms with Crippen molar-refractivity contribution in [3.8, 4) is 5.75 Å². The van der Waals surface area contributed by atoms with E-state index in [1.807, 2.05) is 18.2 Å². The lowest BCUT2D eigenvalue weighted by atomic mass is 10.3. The number of Topliss-reactive ketones (excluding diaryl/α,β-unsaturated/α-hetero) is 1. The highest BCUT2D eigenvalue weighted by molar-refractivity contribution is 6.05. The number of amides is 1. The highest BCUT2D eigenvalue weighted by atomic mass is 16.5. The number of likely N-dealkylation sites (tertiary alicyclic amines) is 1. The van der Waals surface area contributed by atoms with E-state index in [0.717, 1.165) is 0 Å². The zero-order chi connectivity index (χ0) is 13.0. The van der Waals surface area contributed by atoms with Crippen LogP contribution in [0.1, 0.15) is 6.42 Å². The van der Waals surface area contributed by atoms with Crippen molar-refractivity contribution in [3.63, 3.8) is 0 Å². The van der Waals surface area contributed by atoms with E-state index in [1.165, 1.54) is 4.90 Å². The summed E-state index contributed by atoms with van der Waals surface area (Å²) in [5.74, 6) is 0.343. The van der Waals surface area contributed by atoms with Gasteiger partial charge in [0.25, 0.3) is 0 Å². The molecule has 1 N–H and O–H groups in total. The van der Waals surface area contributed by atoms with E-state index in [2.05, 4.69) is 0 Å². The van der Waals surface area contributed by atoms with Gasteiger partial charge < -0.3 is 14.7 Å². The first-order valence-corrected chi connectivity index (χ1v) is 5.80. The van der Waals surface area contributed by atoms with E-state index in [0.29, 0.717) is 5.75 Å². The van der Waals surface area contributed by atoms with Crippen LogP contribution in [0.3, 0.4) is 0 Å². The minimum Gasteiger partial charge on any atom is -0.491 e. The molecule has 5 heteroatoms. The van der Waals surface area contributed by atoms with Gasteiger partial charge in [0, 0.05) is 0 Å². The summed E-state index contributed by atoms with van der Waals surface area (Å²) >= 11 is 0. The Labute approximate surface area is 105 Å². The Kier molecular flexibility index (Phi) is 3.94.